The Morgan fingerprint density at radius 2 is 1.74 bits per heavy atom. The van der Waals surface area contributed by atoms with E-state index in [-0.39, 0.29) is 17.5 Å². The number of nitrogen functional groups attached to an aromatic ring is 1. The zero-order valence-corrected chi connectivity index (χ0v) is 20.2. The van der Waals surface area contributed by atoms with Gasteiger partial charge in [-0.2, -0.15) is 0 Å². The largest absolute Gasteiger partial charge is 0.390 e. The third kappa shape index (κ3) is 4.52. The van der Waals surface area contributed by atoms with Crippen LogP contribution in [-0.2, 0) is 5.54 Å². The highest BCUT2D eigenvalue weighted by Crippen LogP contribution is 2.35. The Hall–Kier alpha value is -4.07. The molecule has 0 spiro atoms. The molecule has 8 nitrogen and oxygen atoms in total. The minimum Gasteiger partial charge on any atom is -0.390 e. The molecule has 0 aliphatic carbocycles. The van der Waals surface area contributed by atoms with E-state index in [4.69, 9.17) is 21.4 Å². The van der Waals surface area contributed by atoms with Crippen molar-refractivity contribution < 1.29 is 0 Å². The van der Waals surface area contributed by atoms with Crippen LogP contribution in [0.2, 0.25) is 0 Å². The molecule has 0 bridgehead atoms. The Labute approximate surface area is 199 Å². The van der Waals surface area contributed by atoms with Crippen LogP contribution in [0.5, 0.6) is 0 Å². The minimum atomic E-state index is -0.227. The molecular weight excluding hydrogens is 424 g/mol. The van der Waals surface area contributed by atoms with Crippen LogP contribution in [0.1, 0.15) is 40.2 Å². The molecule has 34 heavy (non-hydrogen) atoms. The molecule has 0 fully saturated rings. The molecule has 2 aromatic carbocycles. The average molecular weight is 455 g/mol. The second-order valence-electron chi connectivity index (χ2n) is 9.35. The summed E-state index contributed by atoms with van der Waals surface area (Å²) in [5.41, 5.74) is 16.7. The number of aromatic nitrogens is 4. The Kier molecular flexibility index (Phi) is 6.15. The van der Waals surface area contributed by atoms with Crippen LogP contribution in [0.15, 0.2) is 64.8 Å². The fourth-order valence-electron chi connectivity index (χ4n) is 3.97. The normalized spacial score (nSPS) is 12.8. The maximum atomic E-state index is 5.66. The topological polar surface area (TPSA) is 120 Å². The monoisotopic (exact) mass is 454 g/mol. The predicted octanol–water partition coefficient (Wildman–Crippen LogP) is 4.64. The van der Waals surface area contributed by atoms with Crippen LogP contribution >= 0.6 is 0 Å². The maximum absolute atomic E-state index is 5.66. The smallest absolute Gasteiger partial charge is 0.219 e. The molecule has 0 saturated heterocycles. The van der Waals surface area contributed by atoms with Gasteiger partial charge in [-0.15, -0.1) is 0 Å². The number of benzene rings is 2. The molecule has 4 N–H and O–H groups in total. The Morgan fingerprint density at radius 1 is 1.03 bits per heavy atom. The summed E-state index contributed by atoms with van der Waals surface area (Å²) in [6.45, 7) is 10.5. The SMILES string of the molecule is CC(C)N=C(N=CN)c1ccccc1-c1nc2cc(-c3cnc(N)nc3)ccc2n1C(C)(C)C. The molecule has 2 aromatic heterocycles. The first-order chi connectivity index (χ1) is 16.2. The van der Waals surface area contributed by atoms with Gasteiger partial charge in [0.1, 0.15) is 5.82 Å². The lowest BCUT2D eigenvalue weighted by atomic mass is 10.0. The van der Waals surface area contributed by atoms with Crippen LogP contribution in [0.25, 0.3) is 33.5 Å². The van der Waals surface area contributed by atoms with E-state index in [1.165, 1.54) is 6.34 Å². The Balaban J connectivity index is 1.97. The summed E-state index contributed by atoms with van der Waals surface area (Å²) in [4.78, 5) is 22.4. The molecule has 0 amide bonds. The second kappa shape index (κ2) is 9.05. The molecule has 0 aliphatic rings. The summed E-state index contributed by atoms with van der Waals surface area (Å²) < 4.78 is 2.25. The maximum Gasteiger partial charge on any atom is 0.219 e. The Bertz CT molecular complexity index is 1370. The van der Waals surface area contributed by atoms with Gasteiger partial charge in [-0.1, -0.05) is 30.3 Å². The zero-order chi connectivity index (χ0) is 24.5. The van der Waals surface area contributed by atoms with Crippen LogP contribution in [-0.4, -0.2) is 37.7 Å². The predicted molar refractivity (Wildman–Crippen MR) is 140 cm³/mol. The molecule has 0 atom stereocenters. The molecule has 4 aromatic rings. The summed E-state index contributed by atoms with van der Waals surface area (Å²) in [6, 6.07) is 14.3. The molecule has 0 unspecified atom stereocenters. The molecule has 174 valence electrons. The summed E-state index contributed by atoms with van der Waals surface area (Å²) in [6.07, 6.45) is 4.73. The van der Waals surface area contributed by atoms with Gasteiger partial charge < -0.3 is 16.0 Å². The summed E-state index contributed by atoms with van der Waals surface area (Å²) >= 11 is 0. The zero-order valence-electron chi connectivity index (χ0n) is 20.2. The molecular formula is C26H30N8. The van der Waals surface area contributed by atoms with Crippen molar-refractivity contribution in [2.45, 2.75) is 46.2 Å². The van der Waals surface area contributed by atoms with E-state index in [1.807, 2.05) is 32.0 Å². The van der Waals surface area contributed by atoms with Crippen LogP contribution in [0.3, 0.4) is 0 Å². The molecule has 0 radical (unpaired) electrons. The average Bonchev–Trinajstić information content (AvgIpc) is 3.18. The molecule has 4 rings (SSSR count). The lowest BCUT2D eigenvalue weighted by Gasteiger charge is -2.25. The van der Waals surface area contributed by atoms with Crippen molar-refractivity contribution >= 4 is 29.2 Å². The fraction of sp³-hybridized carbons (Fsp3) is 0.269. The van der Waals surface area contributed by atoms with Gasteiger partial charge in [-0.25, -0.2) is 19.9 Å². The fourth-order valence-corrected chi connectivity index (χ4v) is 3.97. The van der Waals surface area contributed by atoms with Crippen LogP contribution in [0.4, 0.5) is 5.95 Å². The van der Waals surface area contributed by atoms with Crippen LogP contribution in [0, 0.1) is 0 Å². The highest BCUT2D eigenvalue weighted by atomic mass is 15.1. The molecule has 2 heterocycles. The van der Waals surface area contributed by atoms with Crippen molar-refractivity contribution in [3.05, 3.63) is 60.4 Å². The second-order valence-corrected chi connectivity index (χ2v) is 9.35. The van der Waals surface area contributed by atoms with Gasteiger partial charge in [0.2, 0.25) is 5.95 Å². The molecule has 0 aliphatic heterocycles. The first kappa shape index (κ1) is 23.1. The van der Waals surface area contributed by atoms with Crippen molar-refractivity contribution in [1.82, 2.24) is 19.5 Å². The van der Waals surface area contributed by atoms with E-state index in [9.17, 15) is 0 Å². The number of rotatable bonds is 4. The molecule has 8 heteroatoms. The number of anilines is 1. The van der Waals surface area contributed by atoms with E-state index in [0.717, 1.165) is 39.1 Å². The number of imidazole rings is 1. The summed E-state index contributed by atoms with van der Waals surface area (Å²) in [5.74, 6) is 1.67. The first-order valence-corrected chi connectivity index (χ1v) is 11.2. The van der Waals surface area contributed by atoms with Crippen LogP contribution < -0.4 is 11.5 Å². The third-order valence-corrected chi connectivity index (χ3v) is 5.32. The lowest BCUT2D eigenvalue weighted by Crippen LogP contribution is -2.23. The first-order valence-electron chi connectivity index (χ1n) is 11.2. The van der Waals surface area contributed by atoms with Crippen molar-refractivity contribution in [1.29, 1.82) is 0 Å². The number of hydrogen-bond acceptors (Lipinski definition) is 5. The van der Waals surface area contributed by atoms with Crippen molar-refractivity contribution in [2.24, 2.45) is 15.7 Å². The highest BCUT2D eigenvalue weighted by Gasteiger charge is 2.25. The van der Waals surface area contributed by atoms with Crippen molar-refractivity contribution in [3.8, 4) is 22.5 Å². The standard InChI is InChI=1S/C26H30N8/c1-16(2)32-23(31-15-27)19-8-6-7-9-20(19)24-33-21-12-17(18-13-29-25(28)30-14-18)10-11-22(21)34(24)26(3,4)5/h6-16H,1-5H3,(H2,27,31,32)(H2,28,29,30). The summed E-state index contributed by atoms with van der Waals surface area (Å²) in [5, 5.41) is 0. The van der Waals surface area contributed by atoms with Crippen molar-refractivity contribution in [2.75, 3.05) is 5.73 Å². The third-order valence-electron chi connectivity index (χ3n) is 5.32. The van der Waals surface area contributed by atoms with E-state index < -0.39 is 0 Å². The van der Waals surface area contributed by atoms with E-state index in [2.05, 4.69) is 64.6 Å². The van der Waals surface area contributed by atoms with Gasteiger partial charge in [0.15, 0.2) is 5.84 Å². The van der Waals surface area contributed by atoms with E-state index >= 15 is 0 Å². The quantitative estimate of drug-likeness (QED) is 0.344. The minimum absolute atomic E-state index is 0.0675. The van der Waals surface area contributed by atoms with E-state index in [0.29, 0.717) is 5.84 Å². The van der Waals surface area contributed by atoms with Gasteiger partial charge in [-0.3, -0.25) is 4.99 Å². The number of nitrogens with zero attached hydrogens (tertiary/aromatic N) is 6. The number of aliphatic imine (C=N–C) groups is 2. The highest BCUT2D eigenvalue weighted by molar-refractivity contribution is 6.07. The number of amidine groups is 1. The van der Waals surface area contributed by atoms with Gasteiger partial charge in [0.05, 0.1) is 17.4 Å². The Morgan fingerprint density at radius 3 is 2.38 bits per heavy atom. The summed E-state index contributed by atoms with van der Waals surface area (Å²) in [7, 11) is 0. The number of hydrogen-bond donors (Lipinski definition) is 2. The van der Waals surface area contributed by atoms with Gasteiger partial charge >= 0.3 is 0 Å². The lowest BCUT2D eigenvalue weighted by molar-refractivity contribution is 0.413. The van der Waals surface area contributed by atoms with E-state index in [1.54, 1.807) is 12.4 Å². The van der Waals surface area contributed by atoms with Gasteiger partial charge in [-0.05, 0) is 52.3 Å². The van der Waals surface area contributed by atoms with Gasteiger partial charge in [0, 0.05) is 40.7 Å². The van der Waals surface area contributed by atoms with Gasteiger partial charge in [0.25, 0.3) is 0 Å². The molecule has 0 saturated carbocycles. The number of nitrogens with two attached hydrogens (primary N) is 2. The number of fused-ring (bicyclic) bond motifs is 1. The van der Waals surface area contributed by atoms with Crippen molar-refractivity contribution in [3.63, 3.8) is 0 Å².